The Hall–Kier alpha value is -2.18. The van der Waals surface area contributed by atoms with E-state index in [-0.39, 0.29) is 11.9 Å². The summed E-state index contributed by atoms with van der Waals surface area (Å²) >= 11 is 0. The van der Waals surface area contributed by atoms with Crippen molar-refractivity contribution in [2.75, 3.05) is 31.6 Å². The molecule has 2 rings (SSSR count). The molecule has 0 spiro atoms. The summed E-state index contributed by atoms with van der Waals surface area (Å²) in [6, 6.07) is 3.54. The molecule has 0 unspecified atom stereocenters. The minimum Gasteiger partial charge on any atom is -0.469 e. The zero-order valence-electron chi connectivity index (χ0n) is 12.9. The number of anilines is 1. The summed E-state index contributed by atoms with van der Waals surface area (Å²) in [5, 5.41) is 10.9. The first-order valence-electron chi connectivity index (χ1n) is 7.64. The Morgan fingerprint density at radius 1 is 1.23 bits per heavy atom. The number of nitrogens with one attached hydrogen (secondary N) is 1. The first kappa shape index (κ1) is 16.2. The first-order valence-corrected chi connectivity index (χ1v) is 7.64. The number of amides is 1. The standard InChI is InChI=1S/C15H22N4O3/c1-22-14(20)6-2-3-9-16-15(21)12-7-8-13(18-17-12)19-10-4-5-11-19/h7-8H,2-6,9-11H2,1H3,(H,16,21). The van der Waals surface area contributed by atoms with Crippen LogP contribution in [-0.4, -0.2) is 48.8 Å². The van der Waals surface area contributed by atoms with E-state index in [0.717, 1.165) is 25.3 Å². The zero-order valence-corrected chi connectivity index (χ0v) is 12.9. The average molecular weight is 306 g/mol. The number of carbonyl (C=O) groups excluding carboxylic acids is 2. The van der Waals surface area contributed by atoms with Crippen LogP contribution in [0, 0.1) is 0 Å². The van der Waals surface area contributed by atoms with Crippen LogP contribution in [0.4, 0.5) is 5.82 Å². The van der Waals surface area contributed by atoms with Crippen LogP contribution in [-0.2, 0) is 9.53 Å². The van der Waals surface area contributed by atoms with Gasteiger partial charge in [0, 0.05) is 26.1 Å². The molecule has 1 aromatic rings. The van der Waals surface area contributed by atoms with E-state index >= 15 is 0 Å². The highest BCUT2D eigenvalue weighted by atomic mass is 16.5. The van der Waals surface area contributed by atoms with Crippen molar-refractivity contribution in [3.05, 3.63) is 17.8 Å². The molecule has 120 valence electrons. The number of nitrogens with zero attached hydrogens (tertiary/aromatic N) is 3. The van der Waals surface area contributed by atoms with Crippen molar-refractivity contribution in [1.29, 1.82) is 0 Å². The molecule has 1 fully saturated rings. The van der Waals surface area contributed by atoms with Gasteiger partial charge in [-0.15, -0.1) is 10.2 Å². The summed E-state index contributed by atoms with van der Waals surface area (Å²) in [5.41, 5.74) is 0.316. The Bertz CT molecular complexity index is 498. The van der Waals surface area contributed by atoms with E-state index in [1.54, 1.807) is 6.07 Å². The van der Waals surface area contributed by atoms with Gasteiger partial charge in [-0.05, 0) is 37.8 Å². The number of methoxy groups -OCH3 is 1. The Morgan fingerprint density at radius 3 is 2.64 bits per heavy atom. The van der Waals surface area contributed by atoms with Gasteiger partial charge >= 0.3 is 5.97 Å². The highest BCUT2D eigenvalue weighted by molar-refractivity contribution is 5.92. The summed E-state index contributed by atoms with van der Waals surface area (Å²) in [7, 11) is 1.37. The van der Waals surface area contributed by atoms with Crippen molar-refractivity contribution in [2.24, 2.45) is 0 Å². The second-order valence-electron chi connectivity index (χ2n) is 5.26. The zero-order chi connectivity index (χ0) is 15.8. The number of rotatable bonds is 7. The third-order valence-corrected chi connectivity index (χ3v) is 3.63. The number of hydrogen-bond donors (Lipinski definition) is 1. The van der Waals surface area contributed by atoms with E-state index in [9.17, 15) is 9.59 Å². The molecule has 22 heavy (non-hydrogen) atoms. The molecular weight excluding hydrogens is 284 g/mol. The van der Waals surface area contributed by atoms with E-state index < -0.39 is 0 Å². The maximum atomic E-state index is 11.9. The molecule has 0 radical (unpaired) electrons. The quantitative estimate of drug-likeness (QED) is 0.601. The van der Waals surface area contributed by atoms with Gasteiger partial charge in [-0.25, -0.2) is 0 Å². The van der Waals surface area contributed by atoms with Crippen LogP contribution in [0.3, 0.4) is 0 Å². The Morgan fingerprint density at radius 2 is 2.00 bits per heavy atom. The predicted octanol–water partition coefficient (Wildman–Crippen LogP) is 1.15. The fourth-order valence-electron chi connectivity index (χ4n) is 2.35. The summed E-state index contributed by atoms with van der Waals surface area (Å²) in [6.07, 6.45) is 4.13. The number of carbonyl (C=O) groups is 2. The molecule has 0 aromatic carbocycles. The van der Waals surface area contributed by atoms with Gasteiger partial charge in [0.1, 0.15) is 0 Å². The molecular formula is C15H22N4O3. The number of hydrogen-bond acceptors (Lipinski definition) is 6. The molecule has 0 aliphatic carbocycles. The first-order chi connectivity index (χ1) is 10.7. The number of esters is 1. The lowest BCUT2D eigenvalue weighted by Gasteiger charge is -2.15. The van der Waals surface area contributed by atoms with Gasteiger partial charge in [0.25, 0.3) is 5.91 Å². The van der Waals surface area contributed by atoms with Crippen molar-refractivity contribution in [3.63, 3.8) is 0 Å². The second-order valence-corrected chi connectivity index (χ2v) is 5.26. The van der Waals surface area contributed by atoms with Crippen LogP contribution < -0.4 is 10.2 Å². The Balaban J connectivity index is 1.72. The number of aromatic nitrogens is 2. The van der Waals surface area contributed by atoms with E-state index in [0.29, 0.717) is 25.1 Å². The van der Waals surface area contributed by atoms with E-state index in [1.807, 2.05) is 6.07 Å². The normalized spacial score (nSPS) is 14.0. The van der Waals surface area contributed by atoms with Crippen LogP contribution in [0.25, 0.3) is 0 Å². The molecule has 0 atom stereocenters. The van der Waals surface area contributed by atoms with Crippen LogP contribution in [0.1, 0.15) is 42.6 Å². The summed E-state index contributed by atoms with van der Waals surface area (Å²) in [5.74, 6) is 0.361. The van der Waals surface area contributed by atoms with Gasteiger partial charge in [-0.2, -0.15) is 0 Å². The van der Waals surface area contributed by atoms with Crippen LogP contribution in [0.5, 0.6) is 0 Å². The Kier molecular flexibility index (Phi) is 6.12. The lowest BCUT2D eigenvalue weighted by atomic mass is 10.2. The van der Waals surface area contributed by atoms with Crippen molar-refractivity contribution < 1.29 is 14.3 Å². The summed E-state index contributed by atoms with van der Waals surface area (Å²) in [4.78, 5) is 25.0. The van der Waals surface area contributed by atoms with E-state index in [1.165, 1.54) is 20.0 Å². The van der Waals surface area contributed by atoms with Crippen molar-refractivity contribution in [3.8, 4) is 0 Å². The van der Waals surface area contributed by atoms with Crippen LogP contribution in [0.15, 0.2) is 12.1 Å². The van der Waals surface area contributed by atoms with Crippen molar-refractivity contribution >= 4 is 17.7 Å². The van der Waals surface area contributed by atoms with Gasteiger partial charge in [0.05, 0.1) is 7.11 Å². The summed E-state index contributed by atoms with van der Waals surface area (Å²) in [6.45, 7) is 2.51. The van der Waals surface area contributed by atoms with Gasteiger partial charge in [-0.3, -0.25) is 9.59 Å². The highest BCUT2D eigenvalue weighted by Gasteiger charge is 2.15. The van der Waals surface area contributed by atoms with Crippen molar-refractivity contribution in [2.45, 2.75) is 32.1 Å². The van der Waals surface area contributed by atoms with E-state index in [4.69, 9.17) is 0 Å². The highest BCUT2D eigenvalue weighted by Crippen LogP contribution is 2.16. The van der Waals surface area contributed by atoms with Gasteiger partial charge in [0.15, 0.2) is 11.5 Å². The summed E-state index contributed by atoms with van der Waals surface area (Å²) < 4.78 is 4.55. The average Bonchev–Trinajstić information content (AvgIpc) is 3.08. The fraction of sp³-hybridized carbons (Fsp3) is 0.600. The van der Waals surface area contributed by atoms with Crippen LogP contribution in [0.2, 0.25) is 0 Å². The van der Waals surface area contributed by atoms with Gasteiger partial charge < -0.3 is 15.0 Å². The molecule has 1 amide bonds. The minimum absolute atomic E-state index is 0.227. The molecule has 1 N–H and O–H groups in total. The van der Waals surface area contributed by atoms with Gasteiger partial charge in [0.2, 0.25) is 0 Å². The molecule has 7 heteroatoms. The second kappa shape index (κ2) is 8.31. The lowest BCUT2D eigenvalue weighted by Crippen LogP contribution is -2.26. The van der Waals surface area contributed by atoms with E-state index in [2.05, 4.69) is 25.2 Å². The maximum Gasteiger partial charge on any atom is 0.305 e. The predicted molar refractivity (Wildman–Crippen MR) is 81.7 cm³/mol. The molecule has 0 bridgehead atoms. The Labute approximate surface area is 130 Å². The van der Waals surface area contributed by atoms with Crippen LogP contribution >= 0.6 is 0 Å². The molecule has 1 aliphatic heterocycles. The number of ether oxygens (including phenoxy) is 1. The van der Waals surface area contributed by atoms with Gasteiger partial charge in [-0.1, -0.05) is 0 Å². The van der Waals surface area contributed by atoms with Crippen molar-refractivity contribution in [1.82, 2.24) is 15.5 Å². The maximum absolute atomic E-state index is 11.9. The third-order valence-electron chi connectivity index (χ3n) is 3.63. The third kappa shape index (κ3) is 4.68. The molecule has 2 heterocycles. The molecule has 1 aromatic heterocycles. The minimum atomic E-state index is -0.237. The smallest absolute Gasteiger partial charge is 0.305 e. The molecule has 7 nitrogen and oxygen atoms in total. The SMILES string of the molecule is COC(=O)CCCCNC(=O)c1ccc(N2CCCC2)nn1. The largest absolute Gasteiger partial charge is 0.469 e. The monoisotopic (exact) mass is 306 g/mol. The molecule has 0 saturated carbocycles. The molecule has 1 aliphatic rings. The molecule has 1 saturated heterocycles. The topological polar surface area (TPSA) is 84.4 Å². The fourth-order valence-corrected chi connectivity index (χ4v) is 2.35. The lowest BCUT2D eigenvalue weighted by molar-refractivity contribution is -0.140. The number of unbranched alkanes of at least 4 members (excludes halogenated alkanes) is 1.